The van der Waals surface area contributed by atoms with E-state index in [0.29, 0.717) is 16.0 Å². The Hall–Kier alpha value is -0.960. The van der Waals surface area contributed by atoms with Crippen molar-refractivity contribution in [3.05, 3.63) is 38.1 Å². The van der Waals surface area contributed by atoms with Gasteiger partial charge in [-0.3, -0.25) is 4.72 Å². The number of halogens is 1. The number of aromatic nitrogens is 1. The maximum Gasteiger partial charge on any atom is 0.264 e. The number of aliphatic hydroxyl groups is 1. The van der Waals surface area contributed by atoms with Crippen LogP contribution in [0.3, 0.4) is 0 Å². The van der Waals surface area contributed by atoms with Gasteiger partial charge in [-0.25, -0.2) is 13.4 Å². The number of nitrogens with zero attached hydrogens (tertiary/aromatic N) is 1. The highest BCUT2D eigenvalue weighted by molar-refractivity contribution is 9.10. The molecule has 0 bridgehead atoms. The summed E-state index contributed by atoms with van der Waals surface area (Å²) in [7, 11) is -3.76. The topological polar surface area (TPSA) is 79.3 Å². The summed E-state index contributed by atoms with van der Waals surface area (Å²) in [5, 5.41) is 11.0. The van der Waals surface area contributed by atoms with Crippen molar-refractivity contribution in [2.24, 2.45) is 0 Å². The molecule has 0 aliphatic carbocycles. The summed E-state index contributed by atoms with van der Waals surface area (Å²) < 4.78 is 28.1. The van der Waals surface area contributed by atoms with E-state index in [1.165, 1.54) is 17.5 Å². The van der Waals surface area contributed by atoms with Crippen LogP contribution in [0.15, 0.2) is 27.0 Å². The highest BCUT2D eigenvalue weighted by Crippen LogP contribution is 2.29. The molecule has 2 rings (SSSR count). The summed E-state index contributed by atoms with van der Waals surface area (Å²) in [5.41, 5.74) is 1.32. The lowest BCUT2D eigenvalue weighted by molar-refractivity contribution is 0.282. The zero-order valence-corrected chi connectivity index (χ0v) is 14.1. The van der Waals surface area contributed by atoms with E-state index in [1.54, 1.807) is 25.3 Å². The Balaban J connectivity index is 2.43. The Morgan fingerprint density at radius 1 is 1.40 bits per heavy atom. The van der Waals surface area contributed by atoms with Gasteiger partial charge < -0.3 is 5.11 Å². The van der Waals surface area contributed by atoms with Gasteiger partial charge >= 0.3 is 0 Å². The summed E-state index contributed by atoms with van der Waals surface area (Å²) in [6.45, 7) is 3.16. The van der Waals surface area contributed by atoms with Crippen molar-refractivity contribution in [2.75, 3.05) is 4.72 Å². The highest BCUT2D eigenvalue weighted by atomic mass is 79.9. The molecule has 0 saturated heterocycles. The molecule has 108 valence electrons. The third kappa shape index (κ3) is 3.03. The Morgan fingerprint density at radius 2 is 2.10 bits per heavy atom. The minimum absolute atomic E-state index is 0.133. The minimum atomic E-state index is -3.76. The number of rotatable bonds is 4. The third-order valence-corrected chi connectivity index (χ3v) is 5.90. The molecule has 0 spiro atoms. The van der Waals surface area contributed by atoms with Crippen LogP contribution in [0.1, 0.15) is 16.0 Å². The van der Waals surface area contributed by atoms with Crippen LogP contribution in [0.5, 0.6) is 0 Å². The van der Waals surface area contributed by atoms with Crippen molar-refractivity contribution < 1.29 is 13.5 Å². The standard InChI is InChI=1S/C12H13BrN2O3S2/c1-7-3-9(13)4-14-12(7)15-20(17,18)11-8(2)6-19-10(11)5-16/h3-4,6,16H,5H2,1-2H3,(H,14,15). The molecule has 0 radical (unpaired) electrons. The number of hydrogen-bond donors (Lipinski definition) is 2. The fraction of sp³-hybridized carbons (Fsp3) is 0.250. The Bertz CT molecular complexity index is 741. The van der Waals surface area contributed by atoms with Crippen molar-refractivity contribution in [3.8, 4) is 0 Å². The SMILES string of the molecule is Cc1cc(Br)cnc1NS(=O)(=O)c1c(C)csc1CO. The van der Waals surface area contributed by atoms with Crippen LogP contribution in [0, 0.1) is 13.8 Å². The first-order valence-corrected chi connectivity index (χ1v) is 8.83. The van der Waals surface area contributed by atoms with Gasteiger partial charge in [0.05, 0.1) is 11.5 Å². The van der Waals surface area contributed by atoms with Gasteiger partial charge in [-0.2, -0.15) is 0 Å². The second kappa shape index (κ2) is 5.80. The quantitative estimate of drug-likeness (QED) is 0.859. The van der Waals surface area contributed by atoms with E-state index in [0.717, 1.165) is 4.47 Å². The van der Waals surface area contributed by atoms with E-state index in [2.05, 4.69) is 25.6 Å². The molecule has 2 heterocycles. The Kier molecular flexibility index (Phi) is 4.48. The number of pyridine rings is 1. The molecule has 0 aliphatic rings. The maximum absolute atomic E-state index is 12.4. The molecular formula is C12H13BrN2O3S2. The molecule has 2 N–H and O–H groups in total. The van der Waals surface area contributed by atoms with Gasteiger partial charge in [-0.05, 0) is 52.4 Å². The molecule has 2 aromatic heterocycles. The summed E-state index contributed by atoms with van der Waals surface area (Å²) in [6.07, 6.45) is 1.53. The van der Waals surface area contributed by atoms with Gasteiger partial charge in [0.2, 0.25) is 0 Å². The normalized spacial score (nSPS) is 11.6. The average Bonchev–Trinajstić information content (AvgIpc) is 2.75. The number of hydrogen-bond acceptors (Lipinski definition) is 5. The molecule has 8 heteroatoms. The fourth-order valence-corrected chi connectivity index (χ4v) is 4.97. The zero-order chi connectivity index (χ0) is 14.9. The smallest absolute Gasteiger partial charge is 0.264 e. The predicted octanol–water partition coefficient (Wildman–Crippen LogP) is 2.82. The maximum atomic E-state index is 12.4. The van der Waals surface area contributed by atoms with Crippen LogP contribution in [0.2, 0.25) is 0 Å². The summed E-state index contributed by atoms with van der Waals surface area (Å²) in [5.74, 6) is 0.280. The molecule has 0 saturated carbocycles. The number of sulfonamides is 1. The number of aryl methyl sites for hydroxylation is 2. The second-order valence-corrected chi connectivity index (χ2v) is 7.75. The predicted molar refractivity (Wildman–Crippen MR) is 82.5 cm³/mol. The molecule has 0 amide bonds. The van der Waals surface area contributed by atoms with Crippen molar-refractivity contribution in [1.29, 1.82) is 0 Å². The number of nitrogens with one attached hydrogen (secondary N) is 1. The monoisotopic (exact) mass is 376 g/mol. The van der Waals surface area contributed by atoms with E-state index >= 15 is 0 Å². The van der Waals surface area contributed by atoms with Gasteiger partial charge in [0.25, 0.3) is 10.0 Å². The van der Waals surface area contributed by atoms with E-state index < -0.39 is 10.0 Å². The lowest BCUT2D eigenvalue weighted by Gasteiger charge is -2.11. The largest absolute Gasteiger partial charge is 0.391 e. The molecule has 0 unspecified atom stereocenters. The number of thiophene rings is 1. The Labute approximate surface area is 129 Å². The Morgan fingerprint density at radius 3 is 2.70 bits per heavy atom. The lowest BCUT2D eigenvalue weighted by Crippen LogP contribution is -2.16. The molecule has 2 aromatic rings. The highest BCUT2D eigenvalue weighted by Gasteiger charge is 2.23. The van der Waals surface area contributed by atoms with Crippen LogP contribution < -0.4 is 4.72 Å². The van der Waals surface area contributed by atoms with Crippen LogP contribution >= 0.6 is 27.3 Å². The van der Waals surface area contributed by atoms with Gasteiger partial charge in [0.1, 0.15) is 10.7 Å². The van der Waals surface area contributed by atoms with Crippen molar-refractivity contribution in [3.63, 3.8) is 0 Å². The fourth-order valence-electron chi connectivity index (χ4n) is 1.78. The van der Waals surface area contributed by atoms with E-state index in [9.17, 15) is 13.5 Å². The summed E-state index contributed by atoms with van der Waals surface area (Å²) in [4.78, 5) is 4.62. The minimum Gasteiger partial charge on any atom is -0.391 e. The first kappa shape index (κ1) is 15.4. The van der Waals surface area contributed by atoms with Gasteiger partial charge in [0.15, 0.2) is 0 Å². The molecule has 0 aliphatic heterocycles. The van der Waals surface area contributed by atoms with E-state index in [-0.39, 0.29) is 17.3 Å². The molecule has 0 fully saturated rings. The summed E-state index contributed by atoms with van der Waals surface area (Å²) >= 11 is 4.50. The molecule has 20 heavy (non-hydrogen) atoms. The molecule has 5 nitrogen and oxygen atoms in total. The lowest BCUT2D eigenvalue weighted by atomic mass is 10.3. The van der Waals surface area contributed by atoms with Crippen molar-refractivity contribution >= 4 is 43.1 Å². The first-order chi connectivity index (χ1) is 9.35. The summed E-state index contributed by atoms with van der Waals surface area (Å²) in [6, 6.07) is 1.78. The molecule has 0 atom stereocenters. The van der Waals surface area contributed by atoms with Crippen LogP contribution in [-0.4, -0.2) is 18.5 Å². The van der Waals surface area contributed by atoms with Crippen molar-refractivity contribution in [2.45, 2.75) is 25.3 Å². The van der Waals surface area contributed by atoms with Crippen LogP contribution in [0.4, 0.5) is 5.82 Å². The average molecular weight is 377 g/mol. The second-order valence-electron chi connectivity index (χ2n) is 4.25. The van der Waals surface area contributed by atoms with E-state index in [1.807, 2.05) is 0 Å². The van der Waals surface area contributed by atoms with Gasteiger partial charge in [-0.15, -0.1) is 11.3 Å². The van der Waals surface area contributed by atoms with Crippen LogP contribution in [-0.2, 0) is 16.6 Å². The first-order valence-electron chi connectivity index (χ1n) is 5.68. The third-order valence-electron chi connectivity index (χ3n) is 2.68. The number of anilines is 1. The number of aliphatic hydroxyl groups excluding tert-OH is 1. The van der Waals surface area contributed by atoms with Gasteiger partial charge in [0, 0.05) is 10.7 Å². The van der Waals surface area contributed by atoms with Gasteiger partial charge in [-0.1, -0.05) is 0 Å². The molecule has 0 aromatic carbocycles. The zero-order valence-electron chi connectivity index (χ0n) is 10.8. The van der Waals surface area contributed by atoms with E-state index in [4.69, 9.17) is 0 Å². The molecular weight excluding hydrogens is 364 g/mol. The van der Waals surface area contributed by atoms with Crippen molar-refractivity contribution in [1.82, 2.24) is 4.98 Å². The van der Waals surface area contributed by atoms with Crippen LogP contribution in [0.25, 0.3) is 0 Å².